The Morgan fingerprint density at radius 3 is 2.91 bits per heavy atom. The molecule has 1 aliphatic heterocycles. The van der Waals surface area contributed by atoms with Crippen molar-refractivity contribution in [2.75, 3.05) is 12.4 Å². The summed E-state index contributed by atoms with van der Waals surface area (Å²) in [7, 11) is 1.42. The number of halogens is 1. The van der Waals surface area contributed by atoms with Gasteiger partial charge in [0.1, 0.15) is 36.9 Å². The maximum absolute atomic E-state index is 12.3. The zero-order valence-electron chi connectivity index (χ0n) is 22.7. The molecule has 2 aromatic carbocycles. The van der Waals surface area contributed by atoms with Gasteiger partial charge in [-0.15, -0.1) is 0 Å². The minimum Gasteiger partial charge on any atom is -0.487 e. The molecule has 4 heterocycles. The Hall–Kier alpha value is -5.01. The second-order valence-electron chi connectivity index (χ2n) is 9.68. The Morgan fingerprint density at radius 2 is 2.07 bits per heavy atom. The Balaban J connectivity index is 1.21. The number of para-hydroxylation sites is 1. The number of aliphatic hydroxyl groups excluding tert-OH is 1. The van der Waals surface area contributed by atoms with Crippen molar-refractivity contribution in [3.05, 3.63) is 94.0 Å². The van der Waals surface area contributed by atoms with Crippen LogP contribution in [0.15, 0.2) is 72.4 Å². The monoisotopic (exact) mass is 600 g/mol. The number of hydrogen-bond donors (Lipinski definition) is 3. The molecule has 4 atom stereocenters. The minimum absolute atomic E-state index is 0.263. The number of amides is 1. The van der Waals surface area contributed by atoms with Gasteiger partial charge in [-0.2, -0.15) is 0 Å². The predicted molar refractivity (Wildman–Crippen MR) is 157 cm³/mol. The summed E-state index contributed by atoms with van der Waals surface area (Å²) in [6, 6.07) is 16.0. The van der Waals surface area contributed by atoms with Crippen LogP contribution in [0.25, 0.3) is 32.5 Å². The number of imidazole rings is 1. The van der Waals surface area contributed by atoms with E-state index in [1.165, 1.54) is 24.3 Å². The highest BCUT2D eigenvalue weighted by Gasteiger charge is 2.48. The van der Waals surface area contributed by atoms with Gasteiger partial charge in [0, 0.05) is 34.5 Å². The summed E-state index contributed by atoms with van der Waals surface area (Å²) in [5, 5.41) is 21.8. The lowest BCUT2D eigenvalue weighted by molar-refractivity contribution is -0.134. The lowest BCUT2D eigenvalue weighted by atomic mass is 10.1. The second-order valence-corrected chi connectivity index (χ2v) is 10.1. The number of pyridine rings is 1. The predicted octanol–water partition coefficient (Wildman–Crippen LogP) is 3.90. The Labute approximate surface area is 249 Å². The van der Waals surface area contributed by atoms with Crippen molar-refractivity contribution < 1.29 is 19.4 Å². The number of benzene rings is 2. The van der Waals surface area contributed by atoms with E-state index in [0.717, 1.165) is 22.2 Å². The maximum atomic E-state index is 12.3. The quantitative estimate of drug-likeness (QED) is 0.128. The summed E-state index contributed by atoms with van der Waals surface area (Å²) >= 11 is 6.31. The van der Waals surface area contributed by atoms with Crippen LogP contribution in [0.3, 0.4) is 0 Å². The fourth-order valence-corrected chi connectivity index (χ4v) is 5.15. The number of aromatic nitrogens is 5. The van der Waals surface area contributed by atoms with E-state index in [1.807, 2.05) is 36.4 Å². The van der Waals surface area contributed by atoms with Crippen molar-refractivity contribution in [2.24, 2.45) is 5.11 Å². The first-order chi connectivity index (χ1) is 21.0. The largest absolute Gasteiger partial charge is 0.487 e. The van der Waals surface area contributed by atoms with Gasteiger partial charge >= 0.3 is 0 Å². The average molecular weight is 601 g/mol. The number of rotatable bonds is 9. The van der Waals surface area contributed by atoms with Crippen molar-refractivity contribution in [2.45, 2.75) is 37.6 Å². The summed E-state index contributed by atoms with van der Waals surface area (Å²) in [4.78, 5) is 32.8. The normalized spacial score (nSPS) is 19.7. The SMILES string of the molecule is CNC(=O)[C@H]1O[C@@H](n2cnc3c(NCc4cc(Cl)ccc4OCc4ccc5ccccc5n4)ncnc32)[C@H](O)[C@@H]1N=[N+]=[N-]. The van der Waals surface area contributed by atoms with Crippen LogP contribution in [0.1, 0.15) is 17.5 Å². The van der Waals surface area contributed by atoms with Gasteiger partial charge in [-0.3, -0.25) is 9.36 Å². The standard InChI is InChI=1S/C28H25ClN10O4/c1-31-27(41)24-21(37-38-30)23(40)28(43-24)39-14-35-22-25(33-13-34-26(22)39)32-11-16-10-17(29)7-9-20(16)42-12-18-8-6-15-4-2-3-5-19(15)36-18/h2-10,13-14,21,23-24,28,40H,11-12H2,1H3,(H,31,41)(H,32,33,34)/t21-,23+,24-,28+/m0/s1. The molecule has 1 aliphatic rings. The van der Waals surface area contributed by atoms with Gasteiger partial charge in [0.15, 0.2) is 23.2 Å². The van der Waals surface area contributed by atoms with Crippen LogP contribution in [0, 0.1) is 0 Å². The van der Waals surface area contributed by atoms with Gasteiger partial charge in [-0.1, -0.05) is 41.0 Å². The third-order valence-corrected chi connectivity index (χ3v) is 7.30. The number of fused-ring (bicyclic) bond motifs is 2. The van der Waals surface area contributed by atoms with Gasteiger partial charge in [-0.05, 0) is 35.9 Å². The molecule has 1 amide bonds. The van der Waals surface area contributed by atoms with Gasteiger partial charge in [-0.25, -0.2) is 19.9 Å². The highest BCUT2D eigenvalue weighted by Crippen LogP contribution is 2.34. The molecule has 0 bridgehead atoms. The summed E-state index contributed by atoms with van der Waals surface area (Å²) in [5.41, 5.74) is 12.1. The number of likely N-dealkylation sites (N-methyl/N-ethyl adjacent to an activating group) is 1. The highest BCUT2D eigenvalue weighted by atomic mass is 35.5. The molecule has 218 valence electrons. The first-order valence-corrected chi connectivity index (χ1v) is 13.6. The average Bonchev–Trinajstić information content (AvgIpc) is 3.60. The molecule has 0 unspecified atom stereocenters. The number of hydrogen-bond acceptors (Lipinski definition) is 10. The number of ether oxygens (including phenoxy) is 2. The molecule has 43 heavy (non-hydrogen) atoms. The molecule has 5 aromatic rings. The van der Waals surface area contributed by atoms with Crippen molar-refractivity contribution >= 4 is 45.4 Å². The first kappa shape index (κ1) is 28.1. The van der Waals surface area contributed by atoms with Crippen molar-refractivity contribution in [1.82, 2.24) is 29.8 Å². The maximum Gasteiger partial charge on any atom is 0.249 e. The molecule has 0 spiro atoms. The van der Waals surface area contributed by atoms with Crippen LogP contribution in [-0.4, -0.2) is 60.8 Å². The number of carbonyl (C=O) groups excluding carboxylic acids is 1. The summed E-state index contributed by atoms with van der Waals surface area (Å²) in [6.45, 7) is 0.555. The van der Waals surface area contributed by atoms with Crippen molar-refractivity contribution in [3.63, 3.8) is 0 Å². The van der Waals surface area contributed by atoms with Crippen molar-refractivity contribution in [3.8, 4) is 5.75 Å². The molecule has 0 aliphatic carbocycles. The van der Waals surface area contributed by atoms with E-state index < -0.39 is 30.4 Å². The molecule has 1 fully saturated rings. The zero-order valence-corrected chi connectivity index (χ0v) is 23.5. The third-order valence-electron chi connectivity index (χ3n) is 7.06. The van der Waals surface area contributed by atoms with E-state index in [1.54, 1.807) is 18.2 Å². The van der Waals surface area contributed by atoms with E-state index in [-0.39, 0.29) is 6.61 Å². The molecule has 15 heteroatoms. The molecule has 3 N–H and O–H groups in total. The summed E-state index contributed by atoms with van der Waals surface area (Å²) < 4.78 is 13.4. The smallest absolute Gasteiger partial charge is 0.249 e. The number of nitrogens with zero attached hydrogens (tertiary/aromatic N) is 8. The number of carbonyl (C=O) groups is 1. The highest BCUT2D eigenvalue weighted by molar-refractivity contribution is 6.30. The van der Waals surface area contributed by atoms with E-state index >= 15 is 0 Å². The summed E-state index contributed by atoms with van der Waals surface area (Å²) in [5.74, 6) is 0.499. The lowest BCUT2D eigenvalue weighted by Crippen LogP contribution is -2.40. The fourth-order valence-electron chi connectivity index (χ4n) is 4.95. The van der Waals surface area contributed by atoms with E-state index in [4.69, 9.17) is 26.6 Å². The number of aliphatic hydroxyl groups is 1. The molecular weight excluding hydrogens is 576 g/mol. The topological polar surface area (TPSA) is 185 Å². The van der Waals surface area contributed by atoms with Crippen LogP contribution >= 0.6 is 11.6 Å². The van der Waals surface area contributed by atoms with E-state index in [2.05, 4.69) is 40.6 Å². The molecule has 0 saturated carbocycles. The second kappa shape index (κ2) is 12.1. The molecule has 0 radical (unpaired) electrons. The van der Waals surface area contributed by atoms with Crippen LogP contribution in [-0.2, 0) is 22.7 Å². The van der Waals surface area contributed by atoms with Gasteiger partial charge in [0.2, 0.25) is 5.91 Å². The number of nitrogens with one attached hydrogen (secondary N) is 2. The third kappa shape index (κ3) is 5.59. The van der Waals surface area contributed by atoms with E-state index in [9.17, 15) is 9.90 Å². The minimum atomic E-state index is -1.33. The van der Waals surface area contributed by atoms with Crippen LogP contribution in [0.2, 0.25) is 5.02 Å². The molecule has 3 aromatic heterocycles. The zero-order chi connectivity index (χ0) is 29.9. The Morgan fingerprint density at radius 1 is 1.21 bits per heavy atom. The fraction of sp³-hybridized carbons (Fsp3) is 0.250. The molecule has 1 saturated heterocycles. The van der Waals surface area contributed by atoms with E-state index in [0.29, 0.717) is 34.3 Å². The summed E-state index contributed by atoms with van der Waals surface area (Å²) in [6.07, 6.45) is -0.842. The number of anilines is 1. The van der Waals surface area contributed by atoms with Gasteiger partial charge < -0.3 is 25.2 Å². The van der Waals surface area contributed by atoms with Crippen LogP contribution < -0.4 is 15.4 Å². The Kier molecular flexibility index (Phi) is 7.90. The van der Waals surface area contributed by atoms with Gasteiger partial charge in [0.25, 0.3) is 0 Å². The van der Waals surface area contributed by atoms with Crippen LogP contribution in [0.4, 0.5) is 5.82 Å². The molecular formula is C28H25ClN10O4. The Bertz CT molecular complexity index is 1860. The van der Waals surface area contributed by atoms with Crippen LogP contribution in [0.5, 0.6) is 5.75 Å². The number of azide groups is 1. The molecule has 14 nitrogen and oxygen atoms in total. The van der Waals surface area contributed by atoms with Crippen molar-refractivity contribution in [1.29, 1.82) is 0 Å². The van der Waals surface area contributed by atoms with Gasteiger partial charge in [0.05, 0.1) is 17.5 Å². The lowest BCUT2D eigenvalue weighted by Gasteiger charge is -2.17. The first-order valence-electron chi connectivity index (χ1n) is 13.2. The molecule has 6 rings (SSSR count).